The summed E-state index contributed by atoms with van der Waals surface area (Å²) < 4.78 is 6.42. The van der Waals surface area contributed by atoms with Gasteiger partial charge in [-0.15, -0.1) is 11.8 Å². The van der Waals surface area contributed by atoms with Gasteiger partial charge in [-0.05, 0) is 44.9 Å². The Hall–Kier alpha value is -0.0362. The van der Waals surface area contributed by atoms with Gasteiger partial charge in [0, 0.05) is 9.77 Å². The summed E-state index contributed by atoms with van der Waals surface area (Å²) in [5, 5.41) is 0. The fraction of sp³-hybridized carbons (Fsp3) is 0.538. The summed E-state index contributed by atoms with van der Waals surface area (Å²) in [5.41, 5.74) is 0. The predicted molar refractivity (Wildman–Crippen MR) is 83.7 cm³/mol. The van der Waals surface area contributed by atoms with Crippen molar-refractivity contribution in [2.45, 2.75) is 49.4 Å². The van der Waals surface area contributed by atoms with Crippen molar-refractivity contribution in [2.24, 2.45) is 0 Å². The van der Waals surface area contributed by atoms with E-state index < -0.39 is 16.6 Å². The minimum absolute atomic E-state index is 0.580. The lowest BCUT2D eigenvalue weighted by Gasteiger charge is -2.35. The van der Waals surface area contributed by atoms with Crippen LogP contribution < -0.4 is 0 Å². The maximum absolute atomic E-state index is 6.42. The van der Waals surface area contributed by atoms with E-state index in [1.807, 2.05) is 11.8 Å². The van der Waals surface area contributed by atoms with Crippen LogP contribution in [0.3, 0.4) is 0 Å². The van der Waals surface area contributed by atoms with Gasteiger partial charge in [0.2, 0.25) is 0 Å². The summed E-state index contributed by atoms with van der Waals surface area (Å²) >= 11 is 1.95. The van der Waals surface area contributed by atoms with Crippen LogP contribution in [0.5, 0.6) is 0 Å². The molecule has 96 valence electrons. The molecule has 0 spiro atoms. The van der Waals surface area contributed by atoms with E-state index in [9.17, 15) is 0 Å². The summed E-state index contributed by atoms with van der Waals surface area (Å²) in [6.07, 6.45) is 0. The molecule has 0 saturated carbocycles. The van der Waals surface area contributed by atoms with Crippen LogP contribution in [0, 0.1) is 0 Å². The quantitative estimate of drug-likeness (QED) is 0.569. The molecule has 0 N–H and O–H groups in total. The lowest BCUT2D eigenvalue weighted by Crippen LogP contribution is -2.48. The molecule has 1 rings (SSSR count). The maximum Gasteiger partial charge on any atom is 0.186 e. The summed E-state index contributed by atoms with van der Waals surface area (Å²) in [6.45, 7) is 13.8. The lowest BCUT2D eigenvalue weighted by atomic mass is 10.4. The summed E-state index contributed by atoms with van der Waals surface area (Å²) in [7, 11) is -3.02. The van der Waals surface area contributed by atoms with Crippen molar-refractivity contribution in [1.82, 2.24) is 0 Å². The molecule has 0 aromatic heterocycles. The molecular formula is C13H24OSSi2. The molecule has 0 amide bonds. The Kier molecular flexibility index (Phi) is 5.07. The van der Waals surface area contributed by atoms with E-state index in [0.717, 1.165) is 0 Å². The van der Waals surface area contributed by atoms with Crippen molar-refractivity contribution in [1.29, 1.82) is 0 Å². The Morgan fingerprint density at radius 3 is 2.00 bits per heavy atom. The molecule has 1 unspecified atom stereocenters. The predicted octanol–water partition coefficient (Wildman–Crippen LogP) is 4.76. The van der Waals surface area contributed by atoms with Crippen LogP contribution in [-0.4, -0.2) is 21.5 Å². The summed E-state index contributed by atoms with van der Waals surface area (Å²) in [6, 6.07) is 10.6. The maximum atomic E-state index is 6.42. The lowest BCUT2D eigenvalue weighted by molar-refractivity contribution is 0.547. The van der Waals surface area contributed by atoms with Gasteiger partial charge in [0.15, 0.2) is 16.6 Å². The molecule has 0 fully saturated rings. The van der Waals surface area contributed by atoms with E-state index in [2.05, 4.69) is 70.0 Å². The molecule has 0 aliphatic heterocycles. The molecule has 0 aliphatic rings. The van der Waals surface area contributed by atoms with Gasteiger partial charge in [0.1, 0.15) is 0 Å². The van der Waals surface area contributed by atoms with Gasteiger partial charge in [-0.3, -0.25) is 0 Å². The zero-order chi connectivity index (χ0) is 13.1. The Morgan fingerprint density at radius 1 is 1.00 bits per heavy atom. The van der Waals surface area contributed by atoms with E-state index in [0.29, 0.717) is 4.87 Å². The molecule has 1 nitrogen and oxygen atoms in total. The Balaban J connectivity index is 2.66. The number of rotatable bonds is 5. The van der Waals surface area contributed by atoms with Gasteiger partial charge >= 0.3 is 0 Å². The Morgan fingerprint density at radius 2 is 1.53 bits per heavy atom. The first-order valence-electron chi connectivity index (χ1n) is 6.12. The number of hydrogen-bond donors (Lipinski definition) is 0. The van der Waals surface area contributed by atoms with Crippen LogP contribution >= 0.6 is 11.8 Å². The van der Waals surface area contributed by atoms with Gasteiger partial charge < -0.3 is 4.12 Å². The molecular weight excluding hydrogens is 260 g/mol. The molecule has 1 atom stereocenters. The van der Waals surface area contributed by atoms with Crippen LogP contribution in [0.2, 0.25) is 32.7 Å². The molecule has 0 bridgehead atoms. The van der Waals surface area contributed by atoms with Crippen molar-refractivity contribution in [3.8, 4) is 0 Å². The number of thioether (sulfide) groups is 1. The summed E-state index contributed by atoms with van der Waals surface area (Å²) in [4.78, 5) is 1.93. The highest BCUT2D eigenvalue weighted by Gasteiger charge is 2.35. The molecule has 4 heteroatoms. The van der Waals surface area contributed by atoms with Crippen molar-refractivity contribution in [3.63, 3.8) is 0 Å². The van der Waals surface area contributed by atoms with E-state index in [1.54, 1.807) is 0 Å². The SMILES string of the molecule is CC(Sc1ccccc1)[Si](C)(C)O[Si](C)(C)C. The van der Waals surface area contributed by atoms with Gasteiger partial charge in [0.05, 0.1) is 0 Å². The van der Waals surface area contributed by atoms with E-state index in [-0.39, 0.29) is 0 Å². The third-order valence-electron chi connectivity index (χ3n) is 2.60. The standard InChI is InChI=1S/C13H24OSSi2/c1-12(15-13-10-8-7-9-11-13)17(5,6)14-16(2,3)4/h7-12H,1-6H3. The summed E-state index contributed by atoms with van der Waals surface area (Å²) in [5.74, 6) is 0. The van der Waals surface area contributed by atoms with E-state index >= 15 is 0 Å². The Labute approximate surface area is 112 Å². The van der Waals surface area contributed by atoms with Crippen molar-refractivity contribution < 1.29 is 4.12 Å². The second-order valence-corrected chi connectivity index (χ2v) is 16.8. The zero-order valence-electron chi connectivity index (χ0n) is 11.8. The van der Waals surface area contributed by atoms with Crippen LogP contribution in [0.15, 0.2) is 35.2 Å². The zero-order valence-corrected chi connectivity index (χ0v) is 14.6. The van der Waals surface area contributed by atoms with Crippen molar-refractivity contribution in [3.05, 3.63) is 30.3 Å². The molecule has 0 heterocycles. The van der Waals surface area contributed by atoms with Crippen LogP contribution in [0.1, 0.15) is 6.92 Å². The molecule has 0 saturated heterocycles. The fourth-order valence-corrected chi connectivity index (χ4v) is 11.4. The third-order valence-corrected chi connectivity index (χ3v) is 12.1. The minimum atomic E-state index is -1.60. The highest BCUT2D eigenvalue weighted by Crippen LogP contribution is 2.31. The van der Waals surface area contributed by atoms with Crippen LogP contribution in [0.4, 0.5) is 0 Å². The smallest absolute Gasteiger partial charge is 0.186 e. The molecule has 0 radical (unpaired) electrons. The average Bonchev–Trinajstić information content (AvgIpc) is 2.15. The molecule has 1 aromatic rings. The van der Waals surface area contributed by atoms with Crippen LogP contribution in [0.25, 0.3) is 0 Å². The number of hydrogen-bond acceptors (Lipinski definition) is 2. The second kappa shape index (κ2) is 5.74. The first kappa shape index (κ1) is 15.0. The molecule has 17 heavy (non-hydrogen) atoms. The minimum Gasteiger partial charge on any atom is -0.455 e. The fourth-order valence-electron chi connectivity index (χ4n) is 1.72. The molecule has 1 aromatic carbocycles. The third kappa shape index (κ3) is 5.42. The van der Waals surface area contributed by atoms with E-state index in [4.69, 9.17) is 4.12 Å². The number of benzene rings is 1. The Bertz CT molecular complexity index is 346. The molecule has 0 aliphatic carbocycles. The van der Waals surface area contributed by atoms with Crippen LogP contribution in [-0.2, 0) is 4.12 Å². The van der Waals surface area contributed by atoms with Crippen molar-refractivity contribution in [2.75, 3.05) is 0 Å². The van der Waals surface area contributed by atoms with Gasteiger partial charge in [0.25, 0.3) is 0 Å². The highest BCUT2D eigenvalue weighted by molar-refractivity contribution is 8.01. The second-order valence-electron chi connectivity index (χ2n) is 5.89. The van der Waals surface area contributed by atoms with Crippen molar-refractivity contribution >= 4 is 28.4 Å². The topological polar surface area (TPSA) is 9.23 Å². The normalized spacial score (nSPS) is 14.7. The average molecular weight is 285 g/mol. The largest absolute Gasteiger partial charge is 0.455 e. The van der Waals surface area contributed by atoms with Gasteiger partial charge in [-0.1, -0.05) is 25.1 Å². The van der Waals surface area contributed by atoms with E-state index in [1.165, 1.54) is 4.90 Å². The monoisotopic (exact) mass is 284 g/mol. The first-order valence-corrected chi connectivity index (χ1v) is 13.4. The highest BCUT2D eigenvalue weighted by atomic mass is 32.2. The van der Waals surface area contributed by atoms with Gasteiger partial charge in [-0.2, -0.15) is 0 Å². The first-order chi connectivity index (χ1) is 7.71. The van der Waals surface area contributed by atoms with Gasteiger partial charge in [-0.25, -0.2) is 0 Å².